The Morgan fingerprint density at radius 2 is 1.79 bits per heavy atom. The van der Waals surface area contributed by atoms with Gasteiger partial charge in [-0.25, -0.2) is 9.59 Å². The average molecular weight is 353 g/mol. The number of Topliss-reactive ketones (excluding diaryl/α,β-unsaturated/α-hetero) is 1. The molecule has 9 heteroatoms. The van der Waals surface area contributed by atoms with E-state index in [0.29, 0.717) is 5.56 Å². The molecule has 8 nitrogen and oxygen atoms in total. The van der Waals surface area contributed by atoms with E-state index < -0.39 is 47.9 Å². The second kappa shape index (κ2) is 7.35. The van der Waals surface area contributed by atoms with E-state index in [1.54, 1.807) is 18.2 Å². The molecule has 1 aromatic carbocycles. The minimum Gasteiger partial charge on any atom is -0.508 e. The second-order valence-corrected chi connectivity index (χ2v) is 6.24. The molecular formula is C15H15NO7S. The lowest BCUT2D eigenvalue weighted by Crippen LogP contribution is -2.43. The van der Waals surface area contributed by atoms with Crippen molar-refractivity contribution in [2.75, 3.05) is 5.75 Å². The molecule has 128 valence electrons. The van der Waals surface area contributed by atoms with Crippen LogP contribution in [0.25, 0.3) is 0 Å². The molecule has 1 aromatic rings. The first-order chi connectivity index (χ1) is 11.3. The highest BCUT2D eigenvalue weighted by Crippen LogP contribution is 2.44. The van der Waals surface area contributed by atoms with Crippen molar-refractivity contribution in [2.45, 2.75) is 24.3 Å². The van der Waals surface area contributed by atoms with Crippen LogP contribution in [0.4, 0.5) is 0 Å². The molecule has 3 N–H and O–H groups in total. The van der Waals surface area contributed by atoms with Crippen molar-refractivity contribution in [1.82, 2.24) is 4.90 Å². The quantitative estimate of drug-likeness (QED) is 0.641. The van der Waals surface area contributed by atoms with Crippen LogP contribution in [0.15, 0.2) is 24.3 Å². The van der Waals surface area contributed by atoms with Crippen molar-refractivity contribution in [2.24, 2.45) is 0 Å². The monoisotopic (exact) mass is 353 g/mol. The summed E-state index contributed by atoms with van der Waals surface area (Å²) in [5, 5.41) is 27.1. The van der Waals surface area contributed by atoms with Crippen molar-refractivity contribution in [3.63, 3.8) is 0 Å². The SMILES string of the molecule is O=C(O)C(=O)CCC(=O)N1C(c2ccccc2O)SC[C@H]1C(=O)O. The van der Waals surface area contributed by atoms with Gasteiger partial charge in [0.1, 0.15) is 17.2 Å². The number of hydrogen-bond donors (Lipinski definition) is 3. The summed E-state index contributed by atoms with van der Waals surface area (Å²) in [6.07, 6.45) is -0.908. The summed E-state index contributed by atoms with van der Waals surface area (Å²) in [5.41, 5.74) is 0.393. The zero-order valence-corrected chi connectivity index (χ0v) is 13.2. The highest BCUT2D eigenvalue weighted by molar-refractivity contribution is 7.99. The van der Waals surface area contributed by atoms with Crippen LogP contribution in [0.5, 0.6) is 5.75 Å². The predicted octanol–water partition coefficient (Wildman–Crippen LogP) is 0.853. The van der Waals surface area contributed by atoms with Crippen LogP contribution in [-0.4, -0.2) is 55.6 Å². The number of para-hydroxylation sites is 1. The molecule has 1 amide bonds. The van der Waals surface area contributed by atoms with E-state index in [0.717, 1.165) is 4.90 Å². The molecule has 1 aliphatic heterocycles. The summed E-state index contributed by atoms with van der Waals surface area (Å²) >= 11 is 1.19. The number of phenolic OH excluding ortho intramolecular Hbond substituents is 1. The zero-order chi connectivity index (χ0) is 17.9. The Morgan fingerprint density at radius 1 is 1.12 bits per heavy atom. The van der Waals surface area contributed by atoms with Gasteiger partial charge in [-0.3, -0.25) is 9.59 Å². The van der Waals surface area contributed by atoms with Crippen LogP contribution in [0, 0.1) is 0 Å². The number of phenols is 1. The average Bonchev–Trinajstić information content (AvgIpc) is 2.97. The molecule has 1 fully saturated rings. The highest BCUT2D eigenvalue weighted by Gasteiger charge is 2.43. The lowest BCUT2D eigenvalue weighted by molar-refractivity contribution is -0.151. The van der Waals surface area contributed by atoms with Crippen LogP contribution in [0.1, 0.15) is 23.8 Å². The van der Waals surface area contributed by atoms with Crippen LogP contribution in [0.3, 0.4) is 0 Å². The van der Waals surface area contributed by atoms with E-state index in [4.69, 9.17) is 5.11 Å². The van der Waals surface area contributed by atoms with Gasteiger partial charge in [0.15, 0.2) is 0 Å². The summed E-state index contributed by atoms with van der Waals surface area (Å²) in [5.74, 6) is -4.52. The molecule has 0 saturated carbocycles. The van der Waals surface area contributed by atoms with E-state index >= 15 is 0 Å². The molecule has 1 saturated heterocycles. The number of carboxylic acids is 2. The van der Waals surface area contributed by atoms with Gasteiger partial charge in [-0.2, -0.15) is 0 Å². The molecule has 1 unspecified atom stereocenters. The summed E-state index contributed by atoms with van der Waals surface area (Å²) in [7, 11) is 0. The third-order valence-corrected chi connectivity index (χ3v) is 4.89. The van der Waals surface area contributed by atoms with E-state index in [2.05, 4.69) is 0 Å². The normalized spacial score (nSPS) is 19.9. The zero-order valence-electron chi connectivity index (χ0n) is 12.4. The van der Waals surface area contributed by atoms with E-state index in [9.17, 15) is 29.4 Å². The minimum atomic E-state index is -1.63. The van der Waals surface area contributed by atoms with E-state index in [1.165, 1.54) is 17.8 Å². The number of aliphatic carboxylic acids is 2. The lowest BCUT2D eigenvalue weighted by atomic mass is 10.1. The maximum absolute atomic E-state index is 12.4. The fraction of sp³-hybridized carbons (Fsp3) is 0.333. The fourth-order valence-corrected chi connectivity index (χ4v) is 3.87. The topological polar surface area (TPSA) is 132 Å². The van der Waals surface area contributed by atoms with Gasteiger partial charge in [0.25, 0.3) is 0 Å². The first kappa shape index (κ1) is 17.8. The Morgan fingerprint density at radius 3 is 2.38 bits per heavy atom. The van der Waals surface area contributed by atoms with Crippen molar-refractivity contribution < 1.29 is 34.5 Å². The lowest BCUT2D eigenvalue weighted by Gasteiger charge is -2.28. The summed E-state index contributed by atoms with van der Waals surface area (Å²) in [6.45, 7) is 0. The Balaban J connectivity index is 2.24. The molecule has 0 bridgehead atoms. The van der Waals surface area contributed by atoms with Crippen molar-refractivity contribution >= 4 is 35.4 Å². The number of aromatic hydroxyl groups is 1. The van der Waals surface area contributed by atoms with Gasteiger partial charge in [-0.15, -0.1) is 11.8 Å². The number of hydrogen-bond acceptors (Lipinski definition) is 6. The number of amides is 1. The largest absolute Gasteiger partial charge is 0.508 e. The Labute approximate surface area is 141 Å². The highest BCUT2D eigenvalue weighted by atomic mass is 32.2. The van der Waals surface area contributed by atoms with Gasteiger partial charge in [-0.1, -0.05) is 18.2 Å². The third-order valence-electron chi connectivity index (χ3n) is 3.58. The van der Waals surface area contributed by atoms with Crippen LogP contribution in [-0.2, 0) is 19.2 Å². The molecule has 2 atom stereocenters. The van der Waals surface area contributed by atoms with Gasteiger partial charge in [0.2, 0.25) is 11.7 Å². The predicted molar refractivity (Wildman–Crippen MR) is 83.5 cm³/mol. The fourth-order valence-electron chi connectivity index (χ4n) is 2.39. The minimum absolute atomic E-state index is 0.0690. The van der Waals surface area contributed by atoms with E-state index in [-0.39, 0.29) is 11.5 Å². The van der Waals surface area contributed by atoms with Gasteiger partial charge in [0, 0.05) is 24.2 Å². The van der Waals surface area contributed by atoms with Gasteiger partial charge >= 0.3 is 11.9 Å². The maximum atomic E-state index is 12.4. The Bertz CT molecular complexity index is 690. The number of benzene rings is 1. The molecule has 0 aliphatic carbocycles. The number of ketones is 1. The molecule has 0 radical (unpaired) electrons. The molecule has 1 aliphatic rings. The summed E-state index contributed by atoms with van der Waals surface area (Å²) < 4.78 is 0. The standard InChI is InChI=1S/C15H15NO7S/c17-10-4-2-1-3-8(10)13-16(9(7-24-13)14(20)21)12(19)6-5-11(18)15(22)23/h1-4,9,13,17H,5-7H2,(H,20,21)(H,22,23)/t9-,13?/m0/s1. The Kier molecular flexibility index (Phi) is 5.45. The first-order valence-electron chi connectivity index (χ1n) is 7.02. The smallest absolute Gasteiger partial charge is 0.372 e. The number of thioether (sulfide) groups is 1. The maximum Gasteiger partial charge on any atom is 0.372 e. The van der Waals surface area contributed by atoms with Gasteiger partial charge < -0.3 is 20.2 Å². The number of carbonyl (C=O) groups excluding carboxylic acids is 2. The molecule has 1 heterocycles. The van der Waals surface area contributed by atoms with Crippen molar-refractivity contribution in [1.29, 1.82) is 0 Å². The number of nitrogens with zero attached hydrogens (tertiary/aromatic N) is 1. The summed E-state index contributed by atoms with van der Waals surface area (Å²) in [6, 6.07) is 5.16. The van der Waals surface area contributed by atoms with Crippen molar-refractivity contribution in [3.8, 4) is 5.75 Å². The van der Waals surface area contributed by atoms with Crippen molar-refractivity contribution in [3.05, 3.63) is 29.8 Å². The van der Waals surface area contributed by atoms with Gasteiger partial charge in [-0.05, 0) is 6.07 Å². The molecule has 0 aromatic heterocycles. The number of carboxylic acid groups (broad SMARTS) is 2. The van der Waals surface area contributed by atoms with Crippen LogP contribution in [0.2, 0.25) is 0 Å². The molecule has 0 spiro atoms. The molecule has 2 rings (SSSR count). The number of carbonyl (C=O) groups is 4. The Hall–Kier alpha value is -2.55. The number of rotatable bonds is 6. The first-order valence-corrected chi connectivity index (χ1v) is 8.07. The van der Waals surface area contributed by atoms with Crippen LogP contribution < -0.4 is 0 Å². The van der Waals surface area contributed by atoms with E-state index in [1.807, 2.05) is 0 Å². The molecular weight excluding hydrogens is 338 g/mol. The van der Waals surface area contributed by atoms with Gasteiger partial charge in [0.05, 0.1) is 0 Å². The summed E-state index contributed by atoms with van der Waals surface area (Å²) in [4.78, 5) is 46.6. The molecule has 24 heavy (non-hydrogen) atoms. The van der Waals surface area contributed by atoms with Crippen LogP contribution >= 0.6 is 11.8 Å². The third kappa shape index (κ3) is 3.67. The second-order valence-electron chi connectivity index (χ2n) is 5.13.